The summed E-state index contributed by atoms with van der Waals surface area (Å²) in [5, 5.41) is 0. The molecule has 0 aliphatic heterocycles. The average Bonchev–Trinajstić information content (AvgIpc) is 3.20. The van der Waals surface area contributed by atoms with Gasteiger partial charge in [0.15, 0.2) is 6.61 Å². The highest BCUT2D eigenvalue weighted by atomic mass is 79.9. The number of halogens is 1. The van der Waals surface area contributed by atoms with E-state index in [0.717, 1.165) is 34.4 Å². The van der Waals surface area contributed by atoms with Gasteiger partial charge in [-0.05, 0) is 78.9 Å². The van der Waals surface area contributed by atoms with E-state index in [1.807, 2.05) is 48.5 Å². The van der Waals surface area contributed by atoms with Crippen molar-refractivity contribution in [2.24, 2.45) is 0 Å². The Kier molecular flexibility index (Phi) is 5.72. The zero-order chi connectivity index (χ0) is 19.3. The Morgan fingerprint density at radius 1 is 1.04 bits per heavy atom. The van der Waals surface area contributed by atoms with Gasteiger partial charge in [0.1, 0.15) is 5.75 Å². The first-order chi connectivity index (χ1) is 13.7. The quantitative estimate of drug-likeness (QED) is 0.549. The molecule has 0 saturated carbocycles. The third kappa shape index (κ3) is 4.42. The lowest BCUT2D eigenvalue weighted by Crippen LogP contribution is -2.34. The molecule has 1 heterocycles. The Balaban J connectivity index is 1.50. The van der Waals surface area contributed by atoms with E-state index in [-0.39, 0.29) is 12.5 Å². The van der Waals surface area contributed by atoms with E-state index in [0.29, 0.717) is 6.54 Å². The SMILES string of the molecule is O=C(COc1ccc2c(c1)CCC2)N(Cc1ccccn1)c1ccc(Br)cc1. The van der Waals surface area contributed by atoms with Crippen molar-refractivity contribution in [2.45, 2.75) is 25.8 Å². The van der Waals surface area contributed by atoms with Crippen molar-refractivity contribution in [3.8, 4) is 5.75 Å². The summed E-state index contributed by atoms with van der Waals surface area (Å²) in [4.78, 5) is 19.1. The van der Waals surface area contributed by atoms with Gasteiger partial charge >= 0.3 is 0 Å². The summed E-state index contributed by atoms with van der Waals surface area (Å²) in [6.45, 7) is 0.385. The minimum atomic E-state index is -0.103. The molecule has 0 bridgehead atoms. The summed E-state index contributed by atoms with van der Waals surface area (Å²) in [6, 6.07) is 19.5. The van der Waals surface area contributed by atoms with Crippen LogP contribution in [0.25, 0.3) is 0 Å². The zero-order valence-corrected chi connectivity index (χ0v) is 17.1. The number of carbonyl (C=O) groups is 1. The number of aryl methyl sites for hydroxylation is 2. The first kappa shape index (κ1) is 18.7. The third-order valence-corrected chi connectivity index (χ3v) is 5.45. The molecule has 5 heteroatoms. The van der Waals surface area contributed by atoms with Gasteiger partial charge in [-0.25, -0.2) is 0 Å². The van der Waals surface area contributed by atoms with Crippen LogP contribution in [-0.2, 0) is 24.2 Å². The summed E-state index contributed by atoms with van der Waals surface area (Å²) in [5.74, 6) is 0.649. The van der Waals surface area contributed by atoms with Crippen LogP contribution in [0.2, 0.25) is 0 Å². The summed E-state index contributed by atoms with van der Waals surface area (Å²) >= 11 is 3.44. The number of pyridine rings is 1. The number of rotatable bonds is 6. The maximum Gasteiger partial charge on any atom is 0.265 e. The van der Waals surface area contributed by atoms with Crippen LogP contribution in [0, 0.1) is 0 Å². The van der Waals surface area contributed by atoms with Crippen LogP contribution in [0.5, 0.6) is 5.75 Å². The van der Waals surface area contributed by atoms with Crippen molar-refractivity contribution in [3.63, 3.8) is 0 Å². The third-order valence-electron chi connectivity index (χ3n) is 4.92. The molecule has 1 aromatic heterocycles. The summed E-state index contributed by atoms with van der Waals surface area (Å²) in [6.07, 6.45) is 5.15. The number of ether oxygens (including phenoxy) is 1. The van der Waals surface area contributed by atoms with E-state index < -0.39 is 0 Å². The fraction of sp³-hybridized carbons (Fsp3) is 0.217. The Labute approximate surface area is 173 Å². The van der Waals surface area contributed by atoms with E-state index >= 15 is 0 Å². The second-order valence-electron chi connectivity index (χ2n) is 6.85. The molecule has 0 unspecified atom stereocenters. The lowest BCUT2D eigenvalue weighted by Gasteiger charge is -2.23. The molecule has 0 N–H and O–H groups in total. The van der Waals surface area contributed by atoms with Gasteiger partial charge in [-0.2, -0.15) is 0 Å². The second kappa shape index (κ2) is 8.57. The average molecular weight is 437 g/mol. The molecule has 0 radical (unpaired) electrons. The van der Waals surface area contributed by atoms with Crippen LogP contribution < -0.4 is 9.64 Å². The Bertz CT molecular complexity index is 958. The van der Waals surface area contributed by atoms with Crippen molar-refractivity contribution < 1.29 is 9.53 Å². The summed E-state index contributed by atoms with van der Waals surface area (Å²) in [7, 11) is 0. The van der Waals surface area contributed by atoms with Gasteiger partial charge in [-0.3, -0.25) is 9.78 Å². The molecule has 0 atom stereocenters. The molecule has 2 aromatic carbocycles. The molecular formula is C23H21BrN2O2. The standard InChI is InChI=1S/C23H21BrN2O2/c24-19-8-10-21(11-9-19)26(15-20-6-1-2-13-25-20)23(27)16-28-22-12-7-17-4-3-5-18(17)14-22/h1-2,6-14H,3-5,15-16H2. The number of nitrogens with zero attached hydrogens (tertiary/aromatic N) is 2. The van der Waals surface area contributed by atoms with Gasteiger partial charge in [0.2, 0.25) is 0 Å². The first-order valence-electron chi connectivity index (χ1n) is 9.39. The van der Waals surface area contributed by atoms with Gasteiger partial charge in [-0.1, -0.05) is 28.1 Å². The van der Waals surface area contributed by atoms with E-state index in [1.165, 1.54) is 17.5 Å². The topological polar surface area (TPSA) is 42.4 Å². The minimum absolute atomic E-state index is 0.0122. The number of hydrogen-bond acceptors (Lipinski definition) is 3. The predicted molar refractivity (Wildman–Crippen MR) is 114 cm³/mol. The highest BCUT2D eigenvalue weighted by molar-refractivity contribution is 9.10. The molecule has 1 aliphatic rings. The molecule has 4 nitrogen and oxygen atoms in total. The van der Waals surface area contributed by atoms with Crippen LogP contribution in [0.1, 0.15) is 23.2 Å². The van der Waals surface area contributed by atoms with Crippen LogP contribution in [-0.4, -0.2) is 17.5 Å². The predicted octanol–water partition coefficient (Wildman–Crippen LogP) is 4.95. The zero-order valence-electron chi connectivity index (χ0n) is 15.5. The second-order valence-corrected chi connectivity index (χ2v) is 7.77. The van der Waals surface area contributed by atoms with Crippen molar-refractivity contribution in [3.05, 3.63) is 88.2 Å². The Morgan fingerprint density at radius 3 is 2.64 bits per heavy atom. The number of anilines is 1. The maximum absolute atomic E-state index is 13.0. The van der Waals surface area contributed by atoms with Crippen LogP contribution in [0.15, 0.2) is 71.3 Å². The number of aromatic nitrogens is 1. The maximum atomic E-state index is 13.0. The minimum Gasteiger partial charge on any atom is -0.484 e. The van der Waals surface area contributed by atoms with Gasteiger partial charge in [0, 0.05) is 16.4 Å². The lowest BCUT2D eigenvalue weighted by molar-refractivity contribution is -0.120. The highest BCUT2D eigenvalue weighted by Crippen LogP contribution is 2.26. The van der Waals surface area contributed by atoms with E-state index in [1.54, 1.807) is 11.1 Å². The van der Waals surface area contributed by atoms with Crippen LogP contribution in [0.3, 0.4) is 0 Å². The molecule has 142 valence electrons. The lowest BCUT2D eigenvalue weighted by atomic mass is 10.1. The first-order valence-corrected chi connectivity index (χ1v) is 10.2. The smallest absolute Gasteiger partial charge is 0.265 e. The van der Waals surface area contributed by atoms with E-state index in [9.17, 15) is 4.79 Å². The van der Waals surface area contributed by atoms with Crippen molar-refractivity contribution in [2.75, 3.05) is 11.5 Å². The number of amides is 1. The van der Waals surface area contributed by atoms with Crippen LogP contribution >= 0.6 is 15.9 Å². The van der Waals surface area contributed by atoms with Crippen molar-refractivity contribution in [1.29, 1.82) is 0 Å². The van der Waals surface area contributed by atoms with Crippen molar-refractivity contribution in [1.82, 2.24) is 4.98 Å². The van der Waals surface area contributed by atoms with Gasteiger partial charge in [0.25, 0.3) is 5.91 Å². The summed E-state index contributed by atoms with van der Waals surface area (Å²) < 4.78 is 6.80. The van der Waals surface area contributed by atoms with Gasteiger partial charge in [-0.15, -0.1) is 0 Å². The Morgan fingerprint density at radius 2 is 1.86 bits per heavy atom. The fourth-order valence-electron chi connectivity index (χ4n) is 3.46. The molecule has 0 spiro atoms. The Hall–Kier alpha value is -2.66. The van der Waals surface area contributed by atoms with Gasteiger partial charge in [0.05, 0.1) is 12.2 Å². The molecule has 28 heavy (non-hydrogen) atoms. The van der Waals surface area contributed by atoms with Gasteiger partial charge < -0.3 is 9.64 Å². The number of benzene rings is 2. The highest BCUT2D eigenvalue weighted by Gasteiger charge is 2.18. The summed E-state index contributed by atoms with van der Waals surface area (Å²) in [5.41, 5.74) is 4.38. The molecule has 3 aromatic rings. The molecule has 1 aliphatic carbocycles. The van der Waals surface area contributed by atoms with E-state index in [4.69, 9.17) is 4.74 Å². The molecule has 0 saturated heterocycles. The molecular weight excluding hydrogens is 416 g/mol. The molecule has 4 rings (SSSR count). The monoisotopic (exact) mass is 436 g/mol. The normalized spacial score (nSPS) is 12.5. The number of hydrogen-bond donors (Lipinski definition) is 0. The molecule has 0 fully saturated rings. The molecule has 1 amide bonds. The number of fused-ring (bicyclic) bond motifs is 1. The van der Waals surface area contributed by atoms with Crippen molar-refractivity contribution >= 4 is 27.5 Å². The number of carbonyl (C=O) groups excluding carboxylic acids is 1. The largest absolute Gasteiger partial charge is 0.484 e. The van der Waals surface area contributed by atoms with E-state index in [2.05, 4.69) is 33.0 Å². The van der Waals surface area contributed by atoms with Crippen LogP contribution in [0.4, 0.5) is 5.69 Å². The fourth-order valence-corrected chi connectivity index (χ4v) is 3.72.